The molecule has 0 fully saturated rings. The number of halogens is 1. The average Bonchev–Trinajstić information content (AvgIpc) is 2.78. The summed E-state index contributed by atoms with van der Waals surface area (Å²) in [5.74, 6) is 0. The second-order valence-corrected chi connectivity index (χ2v) is 4.74. The molecule has 0 amide bonds. The molecule has 0 spiro atoms. The number of hydrogen-bond acceptors (Lipinski definition) is 4. The van der Waals surface area contributed by atoms with E-state index in [1.54, 1.807) is 13.3 Å². The van der Waals surface area contributed by atoms with Crippen molar-refractivity contribution in [3.05, 3.63) is 16.9 Å². The number of methoxy groups -OCH3 is 1. The van der Waals surface area contributed by atoms with E-state index >= 15 is 0 Å². The fourth-order valence-corrected chi connectivity index (χ4v) is 2.21. The zero-order valence-corrected chi connectivity index (χ0v) is 12.7. The van der Waals surface area contributed by atoms with Gasteiger partial charge in [0, 0.05) is 20.3 Å². The molecule has 0 saturated carbocycles. The van der Waals surface area contributed by atoms with E-state index in [1.807, 2.05) is 11.7 Å². The highest BCUT2D eigenvalue weighted by Gasteiger charge is 2.18. The molecule has 5 nitrogen and oxygen atoms in total. The quantitative estimate of drug-likeness (QED) is 0.671. The second kappa shape index (κ2) is 9.31. The third-order valence-electron chi connectivity index (χ3n) is 2.92. The maximum Gasteiger partial charge on any atom is 0.0834 e. The van der Waals surface area contributed by atoms with Gasteiger partial charge in [0.1, 0.15) is 0 Å². The van der Waals surface area contributed by atoms with E-state index in [2.05, 4.69) is 17.3 Å². The Hall–Kier alpha value is -0.620. The molecule has 0 radical (unpaired) electrons. The molecule has 6 heteroatoms. The number of ether oxygens (including phenoxy) is 2. The molecule has 0 bridgehead atoms. The number of rotatable bonds is 10. The predicted molar refractivity (Wildman–Crippen MR) is 76.6 cm³/mol. The summed E-state index contributed by atoms with van der Waals surface area (Å²) in [4.78, 5) is 0. The van der Waals surface area contributed by atoms with Crippen molar-refractivity contribution in [3.8, 4) is 0 Å². The lowest BCUT2D eigenvalue weighted by Gasteiger charge is -2.18. The van der Waals surface area contributed by atoms with Crippen LogP contribution in [-0.4, -0.2) is 43.8 Å². The molecular formula is C13H24ClN3O2. The molecule has 0 aromatic carbocycles. The number of nitrogens with zero attached hydrogens (tertiary/aromatic N) is 2. The van der Waals surface area contributed by atoms with Crippen molar-refractivity contribution in [2.45, 2.75) is 32.4 Å². The van der Waals surface area contributed by atoms with Gasteiger partial charge in [-0.1, -0.05) is 18.5 Å². The van der Waals surface area contributed by atoms with Gasteiger partial charge in [-0.3, -0.25) is 4.68 Å². The van der Waals surface area contributed by atoms with Crippen molar-refractivity contribution in [2.24, 2.45) is 0 Å². The largest absolute Gasteiger partial charge is 0.383 e. The normalized spacial score (nSPS) is 12.8. The molecule has 110 valence electrons. The Morgan fingerprint density at radius 2 is 2.21 bits per heavy atom. The van der Waals surface area contributed by atoms with Crippen LogP contribution in [0.4, 0.5) is 0 Å². The van der Waals surface area contributed by atoms with Gasteiger partial charge in [-0.2, -0.15) is 5.10 Å². The first-order chi connectivity index (χ1) is 9.24. The van der Waals surface area contributed by atoms with Crippen LogP contribution in [0, 0.1) is 0 Å². The second-order valence-electron chi connectivity index (χ2n) is 4.34. The number of hydrogen-bond donors (Lipinski definition) is 1. The molecule has 0 aliphatic carbocycles. The Kier molecular flexibility index (Phi) is 8.05. The summed E-state index contributed by atoms with van der Waals surface area (Å²) in [6.07, 6.45) is 3.59. The average molecular weight is 290 g/mol. The number of nitrogens with one attached hydrogen (secondary N) is 1. The van der Waals surface area contributed by atoms with Crippen LogP contribution in [0.1, 0.15) is 31.5 Å². The minimum absolute atomic E-state index is 0.142. The van der Waals surface area contributed by atoms with Crippen LogP contribution in [0.15, 0.2) is 6.20 Å². The molecular weight excluding hydrogens is 266 g/mol. The van der Waals surface area contributed by atoms with Crippen LogP contribution < -0.4 is 5.32 Å². The van der Waals surface area contributed by atoms with Crippen molar-refractivity contribution in [2.75, 3.05) is 34.0 Å². The summed E-state index contributed by atoms with van der Waals surface area (Å²) in [5, 5.41) is 8.25. The van der Waals surface area contributed by atoms with Crippen molar-refractivity contribution >= 4 is 11.6 Å². The molecule has 1 rings (SSSR count). The van der Waals surface area contributed by atoms with Crippen LogP contribution in [0.25, 0.3) is 0 Å². The zero-order chi connectivity index (χ0) is 14.1. The lowest BCUT2D eigenvalue weighted by molar-refractivity contribution is 0.124. The molecule has 0 aliphatic rings. The van der Waals surface area contributed by atoms with Crippen LogP contribution in [0.3, 0.4) is 0 Å². The molecule has 0 aliphatic heterocycles. The SMILES string of the molecule is CCCOCCC(NC)c1c(Cl)cnn1CCOC. The number of aromatic nitrogens is 2. The molecule has 19 heavy (non-hydrogen) atoms. The first-order valence-electron chi connectivity index (χ1n) is 6.69. The van der Waals surface area contributed by atoms with Gasteiger partial charge < -0.3 is 14.8 Å². The van der Waals surface area contributed by atoms with Crippen molar-refractivity contribution in [1.29, 1.82) is 0 Å². The smallest absolute Gasteiger partial charge is 0.0834 e. The Morgan fingerprint density at radius 3 is 2.84 bits per heavy atom. The fraction of sp³-hybridized carbons (Fsp3) is 0.769. The highest BCUT2D eigenvalue weighted by molar-refractivity contribution is 6.31. The molecule has 1 N–H and O–H groups in total. The standard InChI is InChI=1S/C13H24ClN3O2/c1-4-7-19-8-5-12(15-2)13-11(14)10-16-17(13)6-9-18-3/h10,12,15H,4-9H2,1-3H3. The van der Waals surface area contributed by atoms with E-state index in [4.69, 9.17) is 21.1 Å². The summed E-state index contributed by atoms with van der Waals surface area (Å²) in [7, 11) is 3.60. The third-order valence-corrected chi connectivity index (χ3v) is 3.21. The topological polar surface area (TPSA) is 48.3 Å². The fourth-order valence-electron chi connectivity index (χ4n) is 1.94. The maximum absolute atomic E-state index is 6.23. The van der Waals surface area contributed by atoms with Gasteiger partial charge in [0.15, 0.2) is 0 Å². The van der Waals surface area contributed by atoms with Gasteiger partial charge >= 0.3 is 0 Å². The van der Waals surface area contributed by atoms with Gasteiger partial charge in [0.2, 0.25) is 0 Å². The van der Waals surface area contributed by atoms with Crippen molar-refractivity contribution in [1.82, 2.24) is 15.1 Å². The summed E-state index contributed by atoms with van der Waals surface area (Å²) >= 11 is 6.23. The highest BCUT2D eigenvalue weighted by Crippen LogP contribution is 2.25. The van der Waals surface area contributed by atoms with E-state index in [9.17, 15) is 0 Å². The first kappa shape index (κ1) is 16.4. The summed E-state index contributed by atoms with van der Waals surface area (Å²) in [6.45, 7) is 4.94. The van der Waals surface area contributed by atoms with Gasteiger partial charge in [-0.25, -0.2) is 0 Å². The van der Waals surface area contributed by atoms with E-state index in [1.165, 1.54) is 0 Å². The minimum atomic E-state index is 0.142. The third kappa shape index (κ3) is 5.10. The summed E-state index contributed by atoms with van der Waals surface area (Å²) in [5.41, 5.74) is 1.00. The lowest BCUT2D eigenvalue weighted by atomic mass is 10.1. The van der Waals surface area contributed by atoms with Gasteiger partial charge in [-0.05, 0) is 19.9 Å². The van der Waals surface area contributed by atoms with Gasteiger partial charge in [0.25, 0.3) is 0 Å². The Labute approximate surface area is 120 Å². The molecule has 0 saturated heterocycles. The molecule has 1 heterocycles. The van der Waals surface area contributed by atoms with E-state index in [-0.39, 0.29) is 6.04 Å². The minimum Gasteiger partial charge on any atom is -0.383 e. The molecule has 1 atom stereocenters. The Morgan fingerprint density at radius 1 is 1.42 bits per heavy atom. The summed E-state index contributed by atoms with van der Waals surface area (Å²) in [6, 6.07) is 0.142. The Bertz CT molecular complexity index is 358. The molecule has 1 unspecified atom stereocenters. The highest BCUT2D eigenvalue weighted by atomic mass is 35.5. The van der Waals surface area contributed by atoms with Crippen LogP contribution in [0.2, 0.25) is 5.02 Å². The molecule has 1 aromatic heterocycles. The van der Waals surface area contributed by atoms with Gasteiger partial charge in [0.05, 0.1) is 36.1 Å². The predicted octanol–water partition coefficient (Wildman–Crippen LogP) is 2.26. The van der Waals surface area contributed by atoms with Crippen molar-refractivity contribution in [3.63, 3.8) is 0 Å². The van der Waals surface area contributed by atoms with Crippen molar-refractivity contribution < 1.29 is 9.47 Å². The zero-order valence-electron chi connectivity index (χ0n) is 12.0. The molecule has 1 aromatic rings. The Balaban J connectivity index is 2.65. The van der Waals surface area contributed by atoms with E-state index < -0.39 is 0 Å². The lowest BCUT2D eigenvalue weighted by Crippen LogP contribution is -2.23. The van der Waals surface area contributed by atoms with Crippen LogP contribution in [-0.2, 0) is 16.0 Å². The van der Waals surface area contributed by atoms with E-state index in [0.717, 1.165) is 25.1 Å². The van der Waals surface area contributed by atoms with E-state index in [0.29, 0.717) is 24.8 Å². The van der Waals surface area contributed by atoms with Gasteiger partial charge in [-0.15, -0.1) is 0 Å². The monoisotopic (exact) mass is 289 g/mol. The van der Waals surface area contributed by atoms with Crippen LogP contribution >= 0.6 is 11.6 Å². The van der Waals surface area contributed by atoms with Crippen LogP contribution in [0.5, 0.6) is 0 Å². The first-order valence-corrected chi connectivity index (χ1v) is 7.07. The summed E-state index contributed by atoms with van der Waals surface area (Å²) < 4.78 is 12.5. The maximum atomic E-state index is 6.23.